The highest BCUT2D eigenvalue weighted by molar-refractivity contribution is 5.62. The summed E-state index contributed by atoms with van der Waals surface area (Å²) in [4.78, 5) is 16.9. The van der Waals surface area contributed by atoms with E-state index in [1.54, 1.807) is 30.6 Å². The van der Waals surface area contributed by atoms with Crippen LogP contribution < -0.4 is 20.1 Å². The monoisotopic (exact) mass is 370 g/mol. The van der Waals surface area contributed by atoms with Gasteiger partial charge in [-0.05, 0) is 31.2 Å². The standard InChI is InChI=1S/C18H19FN6O2/c1-11(13-7-6-12(19)9-21-13)23-16-15(26-2)10-22-18(25-16)24-14-5-4-8-20-17(14)27-3/h4-11H,1-3H3,(H2,22,23,24,25)/t11-/m0/s1. The van der Waals surface area contributed by atoms with Gasteiger partial charge in [0.15, 0.2) is 11.6 Å². The summed E-state index contributed by atoms with van der Waals surface area (Å²) in [7, 11) is 3.06. The Hall–Kier alpha value is -3.49. The van der Waals surface area contributed by atoms with E-state index in [1.807, 2.05) is 6.92 Å². The van der Waals surface area contributed by atoms with Crippen LogP contribution in [0.3, 0.4) is 0 Å². The number of rotatable bonds is 7. The van der Waals surface area contributed by atoms with E-state index in [-0.39, 0.29) is 11.9 Å². The summed E-state index contributed by atoms with van der Waals surface area (Å²) in [6.45, 7) is 1.89. The molecule has 0 saturated heterocycles. The van der Waals surface area contributed by atoms with Gasteiger partial charge in [0, 0.05) is 6.20 Å². The fourth-order valence-corrected chi connectivity index (χ4v) is 2.38. The van der Waals surface area contributed by atoms with E-state index in [0.29, 0.717) is 34.8 Å². The predicted molar refractivity (Wildman–Crippen MR) is 98.9 cm³/mol. The molecule has 9 heteroatoms. The number of nitrogens with one attached hydrogen (secondary N) is 2. The Morgan fingerprint density at radius 1 is 1.04 bits per heavy atom. The van der Waals surface area contributed by atoms with E-state index in [1.165, 1.54) is 26.5 Å². The second kappa shape index (κ2) is 8.26. The number of methoxy groups -OCH3 is 2. The van der Waals surface area contributed by atoms with Crippen LogP contribution >= 0.6 is 0 Å². The van der Waals surface area contributed by atoms with Crippen molar-refractivity contribution in [2.45, 2.75) is 13.0 Å². The van der Waals surface area contributed by atoms with Crippen LogP contribution in [0.5, 0.6) is 11.6 Å². The molecule has 0 fully saturated rings. The number of nitrogens with zero attached hydrogens (tertiary/aromatic N) is 4. The lowest BCUT2D eigenvalue weighted by molar-refractivity contribution is 0.400. The average Bonchev–Trinajstić information content (AvgIpc) is 2.69. The van der Waals surface area contributed by atoms with Gasteiger partial charge in [-0.3, -0.25) is 4.98 Å². The molecule has 0 aliphatic heterocycles. The molecule has 3 aromatic heterocycles. The molecule has 0 bridgehead atoms. The molecule has 0 unspecified atom stereocenters. The maximum absolute atomic E-state index is 13.1. The number of hydrogen-bond acceptors (Lipinski definition) is 8. The molecule has 3 aromatic rings. The first-order valence-corrected chi connectivity index (χ1v) is 8.15. The highest BCUT2D eigenvalue weighted by Gasteiger charge is 2.14. The molecule has 3 rings (SSSR count). The highest BCUT2D eigenvalue weighted by atomic mass is 19.1. The van der Waals surface area contributed by atoms with E-state index in [9.17, 15) is 4.39 Å². The summed E-state index contributed by atoms with van der Waals surface area (Å²) in [6.07, 6.45) is 4.35. The summed E-state index contributed by atoms with van der Waals surface area (Å²) in [6, 6.07) is 6.32. The van der Waals surface area contributed by atoms with Crippen LogP contribution in [0.25, 0.3) is 0 Å². The van der Waals surface area contributed by atoms with Crippen molar-refractivity contribution in [3.8, 4) is 11.6 Å². The Morgan fingerprint density at radius 3 is 2.59 bits per heavy atom. The van der Waals surface area contributed by atoms with Crippen molar-refractivity contribution in [1.29, 1.82) is 0 Å². The maximum atomic E-state index is 13.1. The van der Waals surface area contributed by atoms with Gasteiger partial charge in [0.2, 0.25) is 11.8 Å². The van der Waals surface area contributed by atoms with Gasteiger partial charge in [0.25, 0.3) is 0 Å². The van der Waals surface area contributed by atoms with Crippen molar-refractivity contribution in [2.75, 3.05) is 24.9 Å². The maximum Gasteiger partial charge on any atom is 0.237 e. The molecule has 0 aliphatic rings. The van der Waals surface area contributed by atoms with Gasteiger partial charge in [-0.25, -0.2) is 14.4 Å². The number of pyridine rings is 2. The molecule has 3 heterocycles. The van der Waals surface area contributed by atoms with Crippen LogP contribution in [-0.4, -0.2) is 34.2 Å². The minimum atomic E-state index is -0.387. The van der Waals surface area contributed by atoms with E-state index in [4.69, 9.17) is 9.47 Å². The fourth-order valence-electron chi connectivity index (χ4n) is 2.38. The first-order valence-electron chi connectivity index (χ1n) is 8.15. The lowest BCUT2D eigenvalue weighted by Gasteiger charge is -2.17. The van der Waals surface area contributed by atoms with E-state index in [2.05, 4.69) is 30.6 Å². The smallest absolute Gasteiger partial charge is 0.237 e. The molecule has 0 amide bonds. The zero-order valence-corrected chi connectivity index (χ0v) is 15.1. The van der Waals surface area contributed by atoms with Crippen LogP contribution in [0.4, 0.5) is 21.8 Å². The largest absolute Gasteiger partial charge is 0.491 e. The zero-order valence-electron chi connectivity index (χ0n) is 15.1. The van der Waals surface area contributed by atoms with Gasteiger partial charge in [-0.1, -0.05) is 0 Å². The molecule has 0 aliphatic carbocycles. The Kier molecular flexibility index (Phi) is 5.60. The van der Waals surface area contributed by atoms with E-state index in [0.717, 1.165) is 0 Å². The summed E-state index contributed by atoms with van der Waals surface area (Å²) in [5.41, 5.74) is 1.30. The van der Waals surface area contributed by atoms with Gasteiger partial charge in [0.05, 0.1) is 38.3 Å². The van der Waals surface area contributed by atoms with Crippen LogP contribution in [0.2, 0.25) is 0 Å². The molecule has 0 saturated carbocycles. The minimum absolute atomic E-state index is 0.227. The molecule has 8 nitrogen and oxygen atoms in total. The molecule has 27 heavy (non-hydrogen) atoms. The van der Waals surface area contributed by atoms with Crippen LogP contribution in [0, 0.1) is 5.82 Å². The van der Waals surface area contributed by atoms with E-state index >= 15 is 0 Å². The Bertz CT molecular complexity index is 907. The number of halogens is 1. The summed E-state index contributed by atoms with van der Waals surface area (Å²) < 4.78 is 23.6. The van der Waals surface area contributed by atoms with Gasteiger partial charge in [-0.15, -0.1) is 0 Å². The fraction of sp³-hybridized carbons (Fsp3) is 0.222. The normalized spacial score (nSPS) is 11.6. The third-order valence-corrected chi connectivity index (χ3v) is 3.73. The van der Waals surface area contributed by atoms with Gasteiger partial charge >= 0.3 is 0 Å². The second-order valence-corrected chi connectivity index (χ2v) is 5.56. The number of anilines is 3. The van der Waals surface area contributed by atoms with Crippen molar-refractivity contribution in [3.63, 3.8) is 0 Å². The van der Waals surface area contributed by atoms with E-state index < -0.39 is 0 Å². The van der Waals surface area contributed by atoms with Crippen molar-refractivity contribution >= 4 is 17.5 Å². The van der Waals surface area contributed by atoms with Crippen LogP contribution in [-0.2, 0) is 0 Å². The SMILES string of the molecule is COc1cnc(Nc2cccnc2OC)nc1N[C@@H](C)c1ccc(F)cn1. The molecule has 2 N–H and O–H groups in total. The summed E-state index contributed by atoms with van der Waals surface area (Å²) in [5.74, 6) is 1.31. The van der Waals surface area contributed by atoms with Crippen molar-refractivity contribution < 1.29 is 13.9 Å². The van der Waals surface area contributed by atoms with Crippen molar-refractivity contribution in [2.24, 2.45) is 0 Å². The zero-order chi connectivity index (χ0) is 19.2. The lowest BCUT2D eigenvalue weighted by atomic mass is 10.2. The minimum Gasteiger partial charge on any atom is -0.491 e. The third kappa shape index (κ3) is 4.38. The first-order chi connectivity index (χ1) is 13.1. The molecule has 140 valence electrons. The molecule has 1 atom stereocenters. The molecule has 0 aromatic carbocycles. The number of hydrogen-bond donors (Lipinski definition) is 2. The molecular formula is C18H19FN6O2. The lowest BCUT2D eigenvalue weighted by Crippen LogP contribution is -2.12. The second-order valence-electron chi connectivity index (χ2n) is 5.56. The van der Waals surface area contributed by atoms with Crippen molar-refractivity contribution in [1.82, 2.24) is 19.9 Å². The Labute approximate surface area is 155 Å². The Balaban J connectivity index is 1.84. The third-order valence-electron chi connectivity index (χ3n) is 3.73. The van der Waals surface area contributed by atoms with Crippen LogP contribution in [0.15, 0.2) is 42.9 Å². The van der Waals surface area contributed by atoms with Gasteiger partial charge in [0.1, 0.15) is 11.5 Å². The average molecular weight is 370 g/mol. The first kappa shape index (κ1) is 18.3. The number of ether oxygens (including phenoxy) is 2. The number of aromatic nitrogens is 4. The molecular weight excluding hydrogens is 351 g/mol. The molecule has 0 spiro atoms. The molecule has 0 radical (unpaired) electrons. The van der Waals surface area contributed by atoms with Crippen molar-refractivity contribution in [3.05, 3.63) is 54.4 Å². The van der Waals surface area contributed by atoms with Crippen LogP contribution in [0.1, 0.15) is 18.7 Å². The van der Waals surface area contributed by atoms with Gasteiger partial charge < -0.3 is 20.1 Å². The highest BCUT2D eigenvalue weighted by Crippen LogP contribution is 2.28. The predicted octanol–water partition coefficient (Wildman–Crippen LogP) is 3.34. The Morgan fingerprint density at radius 2 is 1.89 bits per heavy atom. The topological polar surface area (TPSA) is 94.1 Å². The quantitative estimate of drug-likeness (QED) is 0.654. The van der Waals surface area contributed by atoms with Gasteiger partial charge in [-0.2, -0.15) is 4.98 Å². The summed E-state index contributed by atoms with van der Waals surface area (Å²) in [5, 5.41) is 6.27. The summed E-state index contributed by atoms with van der Waals surface area (Å²) >= 11 is 0.